The summed E-state index contributed by atoms with van der Waals surface area (Å²) in [5.74, 6) is 1.67. The summed E-state index contributed by atoms with van der Waals surface area (Å²) in [7, 11) is 0. The molecule has 7 heteroatoms. The van der Waals surface area contributed by atoms with E-state index in [1.54, 1.807) is 0 Å². The third kappa shape index (κ3) is 2.96. The number of carbonyl (C=O) groups excluding carboxylic acids is 2. The first-order chi connectivity index (χ1) is 13.1. The largest absolute Gasteiger partial charge is 0.486 e. The lowest BCUT2D eigenvalue weighted by Crippen LogP contribution is -2.32. The second kappa shape index (κ2) is 6.27. The molecule has 1 atom stereocenters. The van der Waals surface area contributed by atoms with Crippen molar-refractivity contribution >= 4 is 23.2 Å². The smallest absolute Gasteiger partial charge is 0.263 e. The molecule has 1 aromatic heterocycles. The summed E-state index contributed by atoms with van der Waals surface area (Å²) in [6, 6.07) is 9.75. The number of likely N-dealkylation sites (tertiary alicyclic amines) is 1. The SMILES string of the molecule is O=C1CC2(CCN(C(=O)c3ccc(-c4ccc5c(c4)OCCO5)s3)C2)CN1. The van der Waals surface area contributed by atoms with E-state index in [4.69, 9.17) is 9.47 Å². The van der Waals surface area contributed by atoms with Crippen LogP contribution in [0.1, 0.15) is 22.5 Å². The van der Waals surface area contributed by atoms with Crippen molar-refractivity contribution in [3.8, 4) is 21.9 Å². The van der Waals surface area contributed by atoms with Gasteiger partial charge in [-0.3, -0.25) is 9.59 Å². The summed E-state index contributed by atoms with van der Waals surface area (Å²) in [6.07, 6.45) is 1.42. The van der Waals surface area contributed by atoms with Crippen LogP contribution in [-0.4, -0.2) is 49.6 Å². The van der Waals surface area contributed by atoms with Crippen LogP contribution in [-0.2, 0) is 4.79 Å². The van der Waals surface area contributed by atoms with Crippen molar-refractivity contribution in [1.82, 2.24) is 10.2 Å². The third-order valence-corrected chi connectivity index (χ3v) is 6.69. The van der Waals surface area contributed by atoms with Gasteiger partial charge >= 0.3 is 0 Å². The number of carbonyl (C=O) groups is 2. The van der Waals surface area contributed by atoms with Gasteiger partial charge in [0.25, 0.3) is 5.91 Å². The molecule has 4 heterocycles. The summed E-state index contributed by atoms with van der Waals surface area (Å²) >= 11 is 1.49. The van der Waals surface area contributed by atoms with Gasteiger partial charge in [-0.1, -0.05) is 0 Å². The minimum absolute atomic E-state index is 0.0556. The lowest BCUT2D eigenvalue weighted by atomic mass is 9.86. The molecule has 2 amide bonds. The topological polar surface area (TPSA) is 67.9 Å². The van der Waals surface area contributed by atoms with Crippen molar-refractivity contribution in [2.24, 2.45) is 5.41 Å². The summed E-state index contributed by atoms with van der Waals surface area (Å²) in [6.45, 7) is 3.18. The zero-order chi connectivity index (χ0) is 18.4. The van der Waals surface area contributed by atoms with Gasteiger partial charge in [0, 0.05) is 36.3 Å². The highest BCUT2D eigenvalue weighted by Crippen LogP contribution is 2.39. The van der Waals surface area contributed by atoms with Gasteiger partial charge < -0.3 is 19.7 Å². The lowest BCUT2D eigenvalue weighted by molar-refractivity contribution is -0.119. The molecule has 3 aliphatic rings. The molecule has 1 N–H and O–H groups in total. The minimum atomic E-state index is -0.0668. The molecule has 0 saturated carbocycles. The number of benzene rings is 1. The van der Waals surface area contributed by atoms with Gasteiger partial charge in [-0.2, -0.15) is 0 Å². The van der Waals surface area contributed by atoms with E-state index in [1.165, 1.54) is 11.3 Å². The molecule has 6 nitrogen and oxygen atoms in total. The highest BCUT2D eigenvalue weighted by Gasteiger charge is 2.45. The van der Waals surface area contributed by atoms with Crippen LogP contribution in [0.4, 0.5) is 0 Å². The molecule has 27 heavy (non-hydrogen) atoms. The predicted octanol–water partition coefficient (Wildman–Crippen LogP) is 2.54. The molecule has 0 radical (unpaired) electrons. The molecule has 2 saturated heterocycles. The normalized spacial score (nSPS) is 23.7. The monoisotopic (exact) mass is 384 g/mol. The Morgan fingerprint density at radius 2 is 2.00 bits per heavy atom. The summed E-state index contributed by atoms with van der Waals surface area (Å²) in [4.78, 5) is 28.2. The van der Waals surface area contributed by atoms with Crippen LogP contribution in [0.15, 0.2) is 30.3 Å². The Morgan fingerprint density at radius 3 is 2.81 bits per heavy atom. The maximum absolute atomic E-state index is 12.9. The van der Waals surface area contributed by atoms with Gasteiger partial charge in [0.2, 0.25) is 5.91 Å². The number of fused-ring (bicyclic) bond motifs is 1. The minimum Gasteiger partial charge on any atom is -0.486 e. The first-order valence-corrected chi connectivity index (χ1v) is 9.99. The van der Waals surface area contributed by atoms with Gasteiger partial charge in [-0.05, 0) is 42.3 Å². The van der Waals surface area contributed by atoms with Crippen molar-refractivity contribution in [3.05, 3.63) is 35.2 Å². The fraction of sp³-hybridized carbons (Fsp3) is 0.400. The first kappa shape index (κ1) is 16.6. The molecule has 1 aromatic carbocycles. The van der Waals surface area contributed by atoms with Crippen LogP contribution in [0.25, 0.3) is 10.4 Å². The van der Waals surface area contributed by atoms with Crippen LogP contribution in [0.5, 0.6) is 11.5 Å². The molecule has 2 aromatic rings. The Labute approximate surface area is 161 Å². The Bertz CT molecular complexity index is 924. The van der Waals surface area contributed by atoms with Crippen molar-refractivity contribution in [2.45, 2.75) is 12.8 Å². The van der Waals surface area contributed by atoms with Gasteiger partial charge in [-0.25, -0.2) is 0 Å². The van der Waals surface area contributed by atoms with E-state index in [1.807, 2.05) is 35.2 Å². The van der Waals surface area contributed by atoms with E-state index in [2.05, 4.69) is 5.32 Å². The number of thiophene rings is 1. The number of rotatable bonds is 2. The maximum Gasteiger partial charge on any atom is 0.263 e. The molecule has 3 aliphatic heterocycles. The zero-order valence-electron chi connectivity index (χ0n) is 14.8. The molecule has 1 unspecified atom stereocenters. The van der Waals surface area contributed by atoms with Crippen LogP contribution in [0.2, 0.25) is 0 Å². The molecular formula is C20H20N2O4S. The molecule has 5 rings (SSSR count). The van der Waals surface area contributed by atoms with Crippen molar-refractivity contribution < 1.29 is 19.1 Å². The maximum atomic E-state index is 12.9. The summed E-state index contributed by atoms with van der Waals surface area (Å²) in [5.41, 5.74) is 0.953. The van der Waals surface area contributed by atoms with Crippen LogP contribution in [0.3, 0.4) is 0 Å². The fourth-order valence-electron chi connectivity index (χ4n) is 4.11. The van der Waals surface area contributed by atoms with Gasteiger partial charge in [0.1, 0.15) is 13.2 Å². The second-order valence-corrected chi connectivity index (χ2v) is 8.54. The fourth-order valence-corrected chi connectivity index (χ4v) is 5.08. The number of hydrogen-bond acceptors (Lipinski definition) is 5. The van der Waals surface area contributed by atoms with Crippen molar-refractivity contribution in [1.29, 1.82) is 0 Å². The molecule has 1 spiro atoms. The zero-order valence-corrected chi connectivity index (χ0v) is 15.6. The van der Waals surface area contributed by atoms with E-state index in [9.17, 15) is 9.59 Å². The number of nitrogens with one attached hydrogen (secondary N) is 1. The van der Waals surface area contributed by atoms with Gasteiger partial charge in [-0.15, -0.1) is 11.3 Å². The van der Waals surface area contributed by atoms with E-state index in [0.29, 0.717) is 39.3 Å². The molecule has 0 bridgehead atoms. The number of amides is 2. The Kier molecular flexibility index (Phi) is 3.86. The van der Waals surface area contributed by atoms with E-state index < -0.39 is 0 Å². The predicted molar refractivity (Wildman–Crippen MR) is 101 cm³/mol. The van der Waals surface area contributed by atoms with Crippen LogP contribution < -0.4 is 14.8 Å². The molecule has 140 valence electrons. The van der Waals surface area contributed by atoms with Gasteiger partial charge in [0.15, 0.2) is 11.5 Å². The quantitative estimate of drug-likeness (QED) is 0.864. The van der Waals surface area contributed by atoms with Crippen molar-refractivity contribution in [2.75, 3.05) is 32.8 Å². The van der Waals surface area contributed by atoms with E-state index in [0.717, 1.165) is 33.2 Å². The number of hydrogen-bond donors (Lipinski definition) is 1. The molecule has 2 fully saturated rings. The van der Waals surface area contributed by atoms with E-state index >= 15 is 0 Å². The third-order valence-electron chi connectivity index (χ3n) is 5.57. The van der Waals surface area contributed by atoms with Crippen LogP contribution in [0, 0.1) is 5.41 Å². The summed E-state index contributed by atoms with van der Waals surface area (Å²) in [5, 5.41) is 2.91. The standard InChI is InChI=1S/C20H20N2O4S/c23-18-10-20(11-21-18)5-6-22(12-20)19(24)17-4-3-16(27-17)13-1-2-14-15(9-13)26-8-7-25-14/h1-4,9H,5-8,10-12H2,(H,21,23). The van der Waals surface area contributed by atoms with E-state index in [-0.39, 0.29) is 17.2 Å². The first-order valence-electron chi connectivity index (χ1n) is 9.18. The Hall–Kier alpha value is -2.54. The number of ether oxygens (including phenoxy) is 2. The Morgan fingerprint density at radius 1 is 1.15 bits per heavy atom. The second-order valence-electron chi connectivity index (χ2n) is 7.45. The van der Waals surface area contributed by atoms with Crippen LogP contribution >= 0.6 is 11.3 Å². The molecule has 0 aliphatic carbocycles. The Balaban J connectivity index is 1.33. The lowest BCUT2D eigenvalue weighted by Gasteiger charge is -2.21. The van der Waals surface area contributed by atoms with Gasteiger partial charge in [0.05, 0.1) is 4.88 Å². The average Bonchev–Trinajstić information content (AvgIpc) is 3.42. The van der Waals surface area contributed by atoms with Crippen molar-refractivity contribution in [3.63, 3.8) is 0 Å². The highest BCUT2D eigenvalue weighted by molar-refractivity contribution is 7.17. The average molecular weight is 384 g/mol. The highest BCUT2D eigenvalue weighted by atomic mass is 32.1. The summed E-state index contributed by atoms with van der Waals surface area (Å²) < 4.78 is 11.2. The number of nitrogens with zero attached hydrogens (tertiary/aromatic N) is 1. The molecular weight excluding hydrogens is 364 g/mol.